The molecule has 2 aliphatic carbocycles. The van der Waals surface area contributed by atoms with E-state index in [9.17, 15) is 0 Å². The number of thioether (sulfide) groups is 1. The molecule has 0 unspecified atom stereocenters. The summed E-state index contributed by atoms with van der Waals surface area (Å²) in [4.78, 5) is 5.16. The van der Waals surface area contributed by atoms with Gasteiger partial charge in [0.25, 0.3) is 0 Å². The molecular weight excluding hydrogens is 252 g/mol. The van der Waals surface area contributed by atoms with Crippen LogP contribution in [-0.4, -0.2) is 16.5 Å². The number of fused-ring (bicyclic) bond motifs is 1. The van der Waals surface area contributed by atoms with E-state index in [4.69, 9.17) is 4.99 Å². The molecule has 1 heterocycles. The van der Waals surface area contributed by atoms with E-state index in [1.165, 1.54) is 63.5 Å². The van der Waals surface area contributed by atoms with Crippen molar-refractivity contribution in [2.75, 3.05) is 5.75 Å². The van der Waals surface area contributed by atoms with Gasteiger partial charge >= 0.3 is 0 Å². The van der Waals surface area contributed by atoms with Crippen LogP contribution in [0.25, 0.3) is 0 Å². The number of allylic oxidation sites excluding steroid dienone is 1. The molecule has 0 atom stereocenters. The highest BCUT2D eigenvalue weighted by atomic mass is 32.2. The molecule has 1 saturated carbocycles. The van der Waals surface area contributed by atoms with Crippen molar-refractivity contribution in [3.8, 4) is 0 Å². The number of hydrogen-bond acceptors (Lipinski definition) is 3. The van der Waals surface area contributed by atoms with Crippen molar-refractivity contribution in [3.63, 3.8) is 0 Å². The third-order valence-electron chi connectivity index (χ3n) is 4.62. The van der Waals surface area contributed by atoms with E-state index >= 15 is 0 Å². The van der Waals surface area contributed by atoms with Crippen molar-refractivity contribution in [2.45, 2.75) is 63.3 Å². The SMILES string of the molecule is C=CCSC1=NC2(CCCCC2)C2=C(CCCC2)N1. The topological polar surface area (TPSA) is 24.4 Å². The molecule has 1 fully saturated rings. The third-order valence-corrected chi connectivity index (χ3v) is 5.49. The van der Waals surface area contributed by atoms with E-state index in [1.54, 1.807) is 5.57 Å². The Bertz CT molecular complexity index is 416. The number of nitrogens with one attached hydrogen (secondary N) is 1. The van der Waals surface area contributed by atoms with Gasteiger partial charge in [-0.3, -0.25) is 4.99 Å². The van der Waals surface area contributed by atoms with Gasteiger partial charge in [-0.15, -0.1) is 6.58 Å². The minimum absolute atomic E-state index is 0.169. The second kappa shape index (κ2) is 5.74. The minimum Gasteiger partial charge on any atom is -0.339 e. The number of nitrogens with zero attached hydrogens (tertiary/aromatic N) is 1. The molecular formula is C16H24N2S. The lowest BCUT2D eigenvalue weighted by Crippen LogP contribution is -2.42. The molecule has 0 aromatic rings. The standard InChI is InChI=1S/C16H24N2S/c1-2-12-19-15-17-14-9-5-4-8-13(14)16(18-15)10-6-3-7-11-16/h2H,1,3-12H2,(H,17,18). The molecule has 1 spiro atoms. The fourth-order valence-corrected chi connectivity index (χ4v) is 4.44. The molecule has 19 heavy (non-hydrogen) atoms. The summed E-state index contributed by atoms with van der Waals surface area (Å²) in [5.41, 5.74) is 3.33. The van der Waals surface area contributed by atoms with Crippen LogP contribution in [0.4, 0.5) is 0 Å². The molecule has 3 heteroatoms. The molecule has 1 N–H and O–H groups in total. The quantitative estimate of drug-likeness (QED) is 0.756. The zero-order chi connectivity index (χ0) is 13.1. The van der Waals surface area contributed by atoms with Crippen LogP contribution in [0.2, 0.25) is 0 Å². The lowest BCUT2D eigenvalue weighted by Gasteiger charge is -2.42. The van der Waals surface area contributed by atoms with Gasteiger partial charge < -0.3 is 5.32 Å². The normalized spacial score (nSPS) is 25.6. The summed E-state index contributed by atoms with van der Waals surface area (Å²) in [6.45, 7) is 3.81. The van der Waals surface area contributed by atoms with Crippen LogP contribution in [0.15, 0.2) is 28.9 Å². The van der Waals surface area contributed by atoms with Crippen molar-refractivity contribution in [3.05, 3.63) is 23.9 Å². The Morgan fingerprint density at radius 2 is 1.95 bits per heavy atom. The van der Waals surface area contributed by atoms with Gasteiger partial charge in [0, 0.05) is 11.4 Å². The van der Waals surface area contributed by atoms with Crippen LogP contribution < -0.4 is 5.32 Å². The Balaban J connectivity index is 1.89. The number of hydrogen-bond donors (Lipinski definition) is 1. The van der Waals surface area contributed by atoms with Crippen LogP contribution in [0.5, 0.6) is 0 Å². The van der Waals surface area contributed by atoms with Gasteiger partial charge in [-0.2, -0.15) is 0 Å². The van der Waals surface area contributed by atoms with Crippen molar-refractivity contribution in [1.29, 1.82) is 0 Å². The van der Waals surface area contributed by atoms with E-state index in [0.717, 1.165) is 10.9 Å². The molecule has 0 aromatic heterocycles. The van der Waals surface area contributed by atoms with Crippen molar-refractivity contribution >= 4 is 16.9 Å². The van der Waals surface area contributed by atoms with Crippen LogP contribution in [0.1, 0.15) is 57.8 Å². The molecule has 0 aromatic carbocycles. The Labute approximate surface area is 120 Å². The lowest BCUT2D eigenvalue weighted by molar-refractivity contribution is 0.321. The predicted molar refractivity (Wildman–Crippen MR) is 84.5 cm³/mol. The van der Waals surface area contributed by atoms with Gasteiger partial charge in [-0.1, -0.05) is 37.1 Å². The van der Waals surface area contributed by atoms with Gasteiger partial charge in [0.15, 0.2) is 5.17 Å². The average Bonchev–Trinajstić information content (AvgIpc) is 2.46. The first-order chi connectivity index (χ1) is 9.34. The molecule has 0 saturated heterocycles. The summed E-state index contributed by atoms with van der Waals surface area (Å²) in [5, 5.41) is 4.75. The van der Waals surface area contributed by atoms with Crippen LogP contribution in [-0.2, 0) is 0 Å². The summed E-state index contributed by atoms with van der Waals surface area (Å²) in [6, 6.07) is 0. The predicted octanol–water partition coefficient (Wildman–Crippen LogP) is 4.40. The minimum atomic E-state index is 0.169. The Hall–Kier alpha value is -0.700. The number of rotatable bonds is 2. The maximum absolute atomic E-state index is 5.16. The first-order valence-electron chi connectivity index (χ1n) is 7.67. The molecule has 3 aliphatic rings. The van der Waals surface area contributed by atoms with E-state index < -0.39 is 0 Å². The highest BCUT2D eigenvalue weighted by molar-refractivity contribution is 8.13. The summed E-state index contributed by atoms with van der Waals surface area (Å²) in [7, 11) is 0. The highest BCUT2D eigenvalue weighted by Crippen LogP contribution is 2.45. The van der Waals surface area contributed by atoms with Crippen LogP contribution >= 0.6 is 11.8 Å². The third kappa shape index (κ3) is 2.62. The summed E-state index contributed by atoms with van der Waals surface area (Å²) >= 11 is 1.81. The smallest absolute Gasteiger partial charge is 0.161 e. The lowest BCUT2D eigenvalue weighted by atomic mass is 9.72. The van der Waals surface area contributed by atoms with E-state index in [0.29, 0.717) is 0 Å². The second-order valence-electron chi connectivity index (χ2n) is 5.90. The van der Waals surface area contributed by atoms with Crippen molar-refractivity contribution in [2.24, 2.45) is 4.99 Å². The first-order valence-corrected chi connectivity index (χ1v) is 8.66. The zero-order valence-electron chi connectivity index (χ0n) is 11.7. The first kappa shape index (κ1) is 13.3. The highest BCUT2D eigenvalue weighted by Gasteiger charge is 2.40. The average molecular weight is 276 g/mol. The molecule has 104 valence electrons. The van der Waals surface area contributed by atoms with Gasteiger partial charge in [0.05, 0.1) is 5.54 Å². The summed E-state index contributed by atoms with van der Waals surface area (Å²) < 4.78 is 0. The summed E-state index contributed by atoms with van der Waals surface area (Å²) in [6.07, 6.45) is 13.8. The fraction of sp³-hybridized carbons (Fsp3) is 0.688. The Morgan fingerprint density at radius 3 is 2.74 bits per heavy atom. The maximum Gasteiger partial charge on any atom is 0.161 e. The zero-order valence-corrected chi connectivity index (χ0v) is 12.5. The van der Waals surface area contributed by atoms with Crippen molar-refractivity contribution in [1.82, 2.24) is 5.32 Å². The molecule has 0 bridgehead atoms. The molecule has 3 rings (SSSR count). The fourth-order valence-electron chi connectivity index (χ4n) is 3.73. The van der Waals surface area contributed by atoms with Gasteiger partial charge in [-0.05, 0) is 44.1 Å². The van der Waals surface area contributed by atoms with Gasteiger partial charge in [-0.25, -0.2) is 0 Å². The molecule has 0 radical (unpaired) electrons. The molecule has 1 aliphatic heterocycles. The largest absolute Gasteiger partial charge is 0.339 e. The number of aliphatic imine (C=N–C) groups is 1. The maximum atomic E-state index is 5.16. The van der Waals surface area contributed by atoms with E-state index in [2.05, 4.69) is 11.9 Å². The van der Waals surface area contributed by atoms with Gasteiger partial charge in [0.1, 0.15) is 0 Å². The van der Waals surface area contributed by atoms with E-state index in [1.807, 2.05) is 17.8 Å². The number of amidine groups is 1. The van der Waals surface area contributed by atoms with Crippen LogP contribution in [0.3, 0.4) is 0 Å². The summed E-state index contributed by atoms with van der Waals surface area (Å²) in [5.74, 6) is 0.949. The monoisotopic (exact) mass is 276 g/mol. The Kier molecular flexibility index (Phi) is 4.01. The van der Waals surface area contributed by atoms with Crippen molar-refractivity contribution < 1.29 is 0 Å². The Morgan fingerprint density at radius 1 is 1.16 bits per heavy atom. The second-order valence-corrected chi connectivity index (χ2v) is 6.91. The molecule has 0 amide bonds. The van der Waals surface area contributed by atoms with Gasteiger partial charge in [0.2, 0.25) is 0 Å². The van der Waals surface area contributed by atoms with Crippen LogP contribution in [0, 0.1) is 0 Å². The van der Waals surface area contributed by atoms with E-state index in [-0.39, 0.29) is 5.54 Å². The molecule has 2 nitrogen and oxygen atoms in total.